The number of hydrogen-bond acceptors (Lipinski definition) is 4. The van der Waals surface area contributed by atoms with Gasteiger partial charge in [-0.1, -0.05) is 12.8 Å². The average Bonchev–Trinajstić information content (AvgIpc) is 3.18. The van der Waals surface area contributed by atoms with Crippen LogP contribution in [-0.4, -0.2) is 56.2 Å². The van der Waals surface area contributed by atoms with Crippen LogP contribution < -0.4 is 10.6 Å². The summed E-state index contributed by atoms with van der Waals surface area (Å²) in [4.78, 5) is 26.1. The van der Waals surface area contributed by atoms with E-state index in [2.05, 4.69) is 16.7 Å². The van der Waals surface area contributed by atoms with Gasteiger partial charge in [-0.3, -0.25) is 4.79 Å². The molecule has 1 saturated carbocycles. The fourth-order valence-electron chi connectivity index (χ4n) is 4.61. The first-order valence-electron chi connectivity index (χ1n) is 9.80. The Morgan fingerprint density at radius 2 is 1.88 bits per heavy atom. The molecular weight excluding hydrogens is 332 g/mol. The fraction of sp³-hybridized carbons (Fsp3) is 0.842. The average molecular weight is 362 g/mol. The van der Waals surface area contributed by atoms with Gasteiger partial charge in [0.1, 0.15) is 5.41 Å². The molecule has 0 aromatic heterocycles. The maximum absolute atomic E-state index is 12.9. The Hall–Kier alpha value is -1.81. The monoisotopic (exact) mass is 362 g/mol. The number of urea groups is 1. The highest BCUT2D eigenvalue weighted by atomic mass is 16.5. The van der Waals surface area contributed by atoms with Gasteiger partial charge in [-0.2, -0.15) is 5.26 Å². The second-order valence-corrected chi connectivity index (χ2v) is 8.12. The second kappa shape index (κ2) is 7.83. The van der Waals surface area contributed by atoms with Gasteiger partial charge in [-0.25, -0.2) is 4.79 Å². The van der Waals surface area contributed by atoms with Crippen LogP contribution in [0.5, 0.6) is 0 Å². The Balaban J connectivity index is 1.48. The first-order valence-corrected chi connectivity index (χ1v) is 9.80. The molecule has 1 atom stereocenters. The Bertz CT molecular complexity index is 562. The molecule has 0 aromatic carbocycles. The predicted molar refractivity (Wildman–Crippen MR) is 96.2 cm³/mol. The molecule has 0 aromatic rings. The number of rotatable bonds is 3. The summed E-state index contributed by atoms with van der Waals surface area (Å²) in [5, 5.41) is 14.9. The molecular formula is C19H30N4O3. The van der Waals surface area contributed by atoms with Crippen molar-refractivity contribution in [3.05, 3.63) is 0 Å². The van der Waals surface area contributed by atoms with Crippen molar-refractivity contribution in [3.8, 4) is 6.07 Å². The number of amides is 3. The van der Waals surface area contributed by atoms with Gasteiger partial charge in [0.25, 0.3) is 0 Å². The van der Waals surface area contributed by atoms with Crippen LogP contribution in [0.4, 0.5) is 4.79 Å². The second-order valence-electron chi connectivity index (χ2n) is 8.12. The number of likely N-dealkylation sites (tertiary alicyclic amines) is 1. The molecule has 3 rings (SSSR count). The normalized spacial score (nSPS) is 26.9. The fourth-order valence-corrected chi connectivity index (χ4v) is 4.61. The van der Waals surface area contributed by atoms with Crippen LogP contribution in [0.25, 0.3) is 0 Å². The molecule has 7 nitrogen and oxygen atoms in total. The summed E-state index contributed by atoms with van der Waals surface area (Å²) in [6.07, 6.45) is 7.34. The summed E-state index contributed by atoms with van der Waals surface area (Å²) in [6.45, 7) is 2.68. The minimum absolute atomic E-state index is 0.0525. The van der Waals surface area contributed by atoms with Gasteiger partial charge >= 0.3 is 6.03 Å². The van der Waals surface area contributed by atoms with Crippen molar-refractivity contribution >= 4 is 11.9 Å². The van der Waals surface area contributed by atoms with Gasteiger partial charge in [-0.15, -0.1) is 0 Å². The summed E-state index contributed by atoms with van der Waals surface area (Å²) >= 11 is 0. The molecule has 3 amide bonds. The third-order valence-corrected chi connectivity index (χ3v) is 6.53. The number of piperidine rings is 1. The minimum atomic E-state index is -0.760. The van der Waals surface area contributed by atoms with Crippen LogP contribution in [0.1, 0.15) is 51.4 Å². The lowest BCUT2D eigenvalue weighted by atomic mass is 9.73. The zero-order valence-corrected chi connectivity index (χ0v) is 15.7. The summed E-state index contributed by atoms with van der Waals surface area (Å²) in [5.74, 6) is 0.0525. The number of ether oxygens (including phenoxy) is 1. The topological polar surface area (TPSA) is 94.5 Å². The SMILES string of the molecule is CNC(=O)NCC1CCC2(CCN(C(=O)C3(C#N)CCCC3)CC2)CO1. The number of nitrogens with one attached hydrogen (secondary N) is 2. The van der Waals surface area contributed by atoms with Crippen LogP contribution >= 0.6 is 0 Å². The summed E-state index contributed by atoms with van der Waals surface area (Å²) in [5.41, 5.74) is -0.611. The smallest absolute Gasteiger partial charge is 0.314 e. The van der Waals surface area contributed by atoms with Crippen molar-refractivity contribution in [3.63, 3.8) is 0 Å². The third-order valence-electron chi connectivity index (χ3n) is 6.53. The first kappa shape index (κ1) is 19.0. The third kappa shape index (κ3) is 3.80. The zero-order chi connectivity index (χ0) is 18.6. The molecule has 3 fully saturated rings. The highest BCUT2D eigenvalue weighted by Gasteiger charge is 2.47. The van der Waals surface area contributed by atoms with Gasteiger partial charge in [0.15, 0.2) is 0 Å². The van der Waals surface area contributed by atoms with Gasteiger partial charge in [-0.05, 0) is 43.9 Å². The molecule has 3 aliphatic rings. The highest BCUT2D eigenvalue weighted by molar-refractivity contribution is 5.86. The van der Waals surface area contributed by atoms with Gasteiger partial charge in [0.2, 0.25) is 5.91 Å². The van der Waals surface area contributed by atoms with E-state index < -0.39 is 5.41 Å². The number of hydrogen-bond donors (Lipinski definition) is 2. The molecule has 144 valence electrons. The van der Waals surface area contributed by atoms with Crippen molar-refractivity contribution in [2.75, 3.05) is 33.3 Å². The van der Waals surface area contributed by atoms with Crippen molar-refractivity contribution in [1.29, 1.82) is 5.26 Å². The standard InChI is InChI=1S/C19H30N4O3/c1-21-17(25)22-12-15-4-7-18(14-26-15)8-10-23(11-9-18)16(24)19(13-20)5-2-3-6-19/h15H,2-12,14H2,1H3,(H2,21,22,25). The molecule has 2 saturated heterocycles. The number of carbonyl (C=O) groups excluding carboxylic acids is 2. The van der Waals surface area contributed by atoms with Crippen LogP contribution in [0.3, 0.4) is 0 Å². The van der Waals surface area contributed by atoms with E-state index in [0.29, 0.717) is 26.0 Å². The van der Waals surface area contributed by atoms with E-state index in [0.717, 1.165) is 51.6 Å². The van der Waals surface area contributed by atoms with Gasteiger partial charge < -0.3 is 20.3 Å². The van der Waals surface area contributed by atoms with Crippen molar-refractivity contribution in [1.82, 2.24) is 15.5 Å². The van der Waals surface area contributed by atoms with E-state index in [9.17, 15) is 14.9 Å². The molecule has 2 aliphatic heterocycles. The highest BCUT2D eigenvalue weighted by Crippen LogP contribution is 2.43. The van der Waals surface area contributed by atoms with Crippen LogP contribution in [0.2, 0.25) is 0 Å². The van der Waals surface area contributed by atoms with E-state index in [1.165, 1.54) is 0 Å². The predicted octanol–water partition coefficient (Wildman–Crippen LogP) is 1.79. The lowest BCUT2D eigenvalue weighted by Gasteiger charge is -2.46. The van der Waals surface area contributed by atoms with Gasteiger partial charge in [0, 0.05) is 26.7 Å². The molecule has 0 radical (unpaired) electrons. The van der Waals surface area contributed by atoms with E-state index in [-0.39, 0.29) is 23.5 Å². The molecule has 2 heterocycles. The molecule has 1 aliphatic carbocycles. The van der Waals surface area contributed by atoms with Crippen molar-refractivity contribution in [2.45, 2.75) is 57.5 Å². The molecule has 7 heteroatoms. The zero-order valence-electron chi connectivity index (χ0n) is 15.7. The Kier molecular flexibility index (Phi) is 5.71. The van der Waals surface area contributed by atoms with E-state index in [4.69, 9.17) is 4.74 Å². The van der Waals surface area contributed by atoms with Gasteiger partial charge in [0.05, 0.1) is 18.8 Å². The van der Waals surface area contributed by atoms with E-state index >= 15 is 0 Å². The van der Waals surface area contributed by atoms with E-state index in [1.807, 2.05) is 4.90 Å². The molecule has 1 unspecified atom stereocenters. The lowest BCUT2D eigenvalue weighted by molar-refractivity contribution is -0.144. The number of carbonyl (C=O) groups is 2. The quantitative estimate of drug-likeness (QED) is 0.800. The Labute approximate surface area is 155 Å². The van der Waals surface area contributed by atoms with Crippen molar-refractivity contribution in [2.24, 2.45) is 10.8 Å². The number of nitriles is 1. The maximum atomic E-state index is 12.9. The lowest BCUT2D eigenvalue weighted by Crippen LogP contribution is -2.51. The molecule has 1 spiro atoms. The summed E-state index contributed by atoms with van der Waals surface area (Å²) < 4.78 is 6.00. The molecule has 2 N–H and O–H groups in total. The molecule has 0 bridgehead atoms. The Morgan fingerprint density at radius 3 is 2.42 bits per heavy atom. The Morgan fingerprint density at radius 1 is 1.19 bits per heavy atom. The number of nitrogens with zero attached hydrogens (tertiary/aromatic N) is 2. The van der Waals surface area contributed by atoms with Crippen LogP contribution in [-0.2, 0) is 9.53 Å². The molecule has 26 heavy (non-hydrogen) atoms. The minimum Gasteiger partial charge on any atom is -0.376 e. The van der Waals surface area contributed by atoms with Crippen LogP contribution in [0, 0.1) is 22.2 Å². The largest absolute Gasteiger partial charge is 0.376 e. The first-order chi connectivity index (χ1) is 12.5. The summed E-state index contributed by atoms with van der Waals surface area (Å²) in [7, 11) is 1.60. The maximum Gasteiger partial charge on any atom is 0.314 e. The summed E-state index contributed by atoms with van der Waals surface area (Å²) in [6, 6.07) is 2.14. The van der Waals surface area contributed by atoms with Crippen LogP contribution in [0.15, 0.2) is 0 Å². The van der Waals surface area contributed by atoms with E-state index in [1.54, 1.807) is 7.05 Å². The van der Waals surface area contributed by atoms with Crippen molar-refractivity contribution < 1.29 is 14.3 Å².